The van der Waals surface area contributed by atoms with Crippen LogP contribution in [0, 0.1) is 0 Å². The summed E-state index contributed by atoms with van der Waals surface area (Å²) in [5.41, 5.74) is 6.02. The van der Waals surface area contributed by atoms with Crippen LogP contribution < -0.4 is 16.0 Å². The van der Waals surface area contributed by atoms with Crippen molar-refractivity contribution in [2.24, 2.45) is 0 Å². The summed E-state index contributed by atoms with van der Waals surface area (Å²) < 4.78 is 0. The molecule has 4 rings (SSSR count). The number of carbonyl (C=O) groups excluding carboxylic acids is 2. The fourth-order valence-electron chi connectivity index (χ4n) is 4.40. The van der Waals surface area contributed by atoms with E-state index in [2.05, 4.69) is 54.4 Å². The highest BCUT2D eigenvalue weighted by atomic mass is 16.7. The van der Waals surface area contributed by atoms with E-state index in [0.717, 1.165) is 54.2 Å². The van der Waals surface area contributed by atoms with E-state index in [9.17, 15) is 9.59 Å². The number of nitrogens with zero attached hydrogens (tertiary/aromatic N) is 4. The number of carbonyl (C=O) groups is 2. The van der Waals surface area contributed by atoms with Crippen LogP contribution in [0.2, 0.25) is 0 Å². The van der Waals surface area contributed by atoms with Crippen molar-refractivity contribution in [1.82, 2.24) is 19.8 Å². The monoisotopic (exact) mass is 541 g/mol. The number of hydrogen-bond acceptors (Lipinski definition) is 7. The molecule has 0 aliphatic carbocycles. The number of hydrogen-bond donors (Lipinski definition) is 1. The van der Waals surface area contributed by atoms with Crippen LogP contribution in [-0.2, 0) is 4.84 Å². The molecule has 2 unspecified atom stereocenters. The molecular formula is C32H39N5O3. The number of pyridine rings is 2. The van der Waals surface area contributed by atoms with Gasteiger partial charge in [-0.1, -0.05) is 38.3 Å². The van der Waals surface area contributed by atoms with Gasteiger partial charge in [0.1, 0.15) is 5.69 Å². The number of likely N-dealkylation sites (N-methyl/N-ethyl adjacent to an activating group) is 1. The standard InChI is InChI=1S/C26H34N4O2.C6H5NO/c1-6-21(25-19(3)9-8-14-27-25)17-24(7-2)32-28-23-12-10-22(11-13-23)26(31)30-16-15-29(5)18-20(30)4;8-5-6-3-1-2-4-7-6/h6,8-14,20,24,28H,1,3,7,15-18H2,2,4-5H3;1-5H/b25-21-;. The van der Waals surface area contributed by atoms with E-state index in [1.165, 1.54) is 0 Å². The minimum Gasteiger partial charge on any atom is -0.333 e. The quantitative estimate of drug-likeness (QED) is 0.326. The summed E-state index contributed by atoms with van der Waals surface area (Å²) in [5, 5.41) is 1.73. The second-order valence-electron chi connectivity index (χ2n) is 9.75. The van der Waals surface area contributed by atoms with Crippen LogP contribution in [0.15, 0.2) is 79.6 Å². The molecule has 1 amide bonds. The smallest absolute Gasteiger partial charge is 0.254 e. The minimum absolute atomic E-state index is 0.0584. The average molecular weight is 542 g/mol. The Balaban J connectivity index is 0.000000472. The van der Waals surface area contributed by atoms with Crippen molar-refractivity contribution in [2.75, 3.05) is 32.2 Å². The Labute approximate surface area is 236 Å². The van der Waals surface area contributed by atoms with Gasteiger partial charge in [-0.05, 0) is 73.6 Å². The molecule has 1 aliphatic rings. The first-order valence-corrected chi connectivity index (χ1v) is 13.5. The Kier molecular flexibility index (Phi) is 11.7. The van der Waals surface area contributed by atoms with Gasteiger partial charge < -0.3 is 9.80 Å². The Morgan fingerprint density at radius 3 is 2.45 bits per heavy atom. The molecule has 1 fully saturated rings. The number of aldehydes is 1. The summed E-state index contributed by atoms with van der Waals surface area (Å²) >= 11 is 0. The SMILES string of the molecule is C=C/C(CC(CC)ONc1ccc(C(=O)N2CCN(C)CC2C)cc1)=c1/ncccc1=C.O=Cc1ccccn1. The van der Waals surface area contributed by atoms with E-state index in [0.29, 0.717) is 17.7 Å². The maximum atomic E-state index is 12.9. The zero-order valence-electron chi connectivity index (χ0n) is 23.6. The molecule has 0 saturated carbocycles. The van der Waals surface area contributed by atoms with Crippen LogP contribution in [0.5, 0.6) is 0 Å². The zero-order chi connectivity index (χ0) is 28.9. The number of piperazine rings is 1. The van der Waals surface area contributed by atoms with E-state index in [-0.39, 0.29) is 18.1 Å². The number of rotatable bonds is 9. The highest BCUT2D eigenvalue weighted by Gasteiger charge is 2.26. The number of aromatic nitrogens is 2. The normalized spacial score (nSPS) is 16.7. The average Bonchev–Trinajstić information content (AvgIpc) is 2.98. The molecule has 1 N–H and O–H groups in total. The number of benzene rings is 1. The second-order valence-corrected chi connectivity index (χ2v) is 9.75. The first-order valence-electron chi connectivity index (χ1n) is 13.5. The molecule has 8 heteroatoms. The van der Waals surface area contributed by atoms with Gasteiger partial charge >= 0.3 is 0 Å². The van der Waals surface area contributed by atoms with E-state index in [1.54, 1.807) is 30.6 Å². The molecule has 2 atom stereocenters. The molecular weight excluding hydrogens is 502 g/mol. The molecule has 0 radical (unpaired) electrons. The highest BCUT2D eigenvalue weighted by Crippen LogP contribution is 2.18. The van der Waals surface area contributed by atoms with E-state index in [4.69, 9.17) is 4.84 Å². The van der Waals surface area contributed by atoms with E-state index in [1.807, 2.05) is 47.4 Å². The van der Waals surface area contributed by atoms with Crippen LogP contribution in [0.25, 0.3) is 12.2 Å². The van der Waals surface area contributed by atoms with Crippen molar-refractivity contribution in [1.29, 1.82) is 0 Å². The van der Waals surface area contributed by atoms with Crippen LogP contribution in [-0.4, -0.2) is 70.8 Å². The molecule has 3 aromatic rings. The Morgan fingerprint density at radius 1 is 1.12 bits per heavy atom. The third-order valence-electron chi connectivity index (χ3n) is 6.72. The lowest BCUT2D eigenvalue weighted by molar-refractivity contribution is 0.0533. The lowest BCUT2D eigenvalue weighted by Gasteiger charge is -2.38. The molecule has 1 saturated heterocycles. The lowest BCUT2D eigenvalue weighted by Crippen LogP contribution is -2.52. The van der Waals surface area contributed by atoms with Crippen molar-refractivity contribution in [2.45, 2.75) is 38.8 Å². The molecule has 2 aromatic heterocycles. The number of nitrogens with one attached hydrogen (secondary N) is 1. The lowest BCUT2D eigenvalue weighted by atomic mass is 10.1. The predicted octanol–water partition coefficient (Wildman–Crippen LogP) is 3.71. The van der Waals surface area contributed by atoms with Gasteiger partial charge in [0, 0.05) is 50.1 Å². The summed E-state index contributed by atoms with van der Waals surface area (Å²) in [6.07, 6.45) is 7.33. The molecule has 8 nitrogen and oxygen atoms in total. The van der Waals surface area contributed by atoms with Gasteiger partial charge in [-0.2, -0.15) is 0 Å². The molecule has 210 valence electrons. The molecule has 3 heterocycles. The predicted molar refractivity (Wildman–Crippen MR) is 160 cm³/mol. The first kappa shape index (κ1) is 30.4. The molecule has 0 bridgehead atoms. The third-order valence-corrected chi connectivity index (χ3v) is 6.72. The molecule has 1 aliphatic heterocycles. The summed E-state index contributed by atoms with van der Waals surface area (Å²) in [5.74, 6) is 0.0778. The number of allylic oxidation sites excluding steroid dienone is 1. The van der Waals surface area contributed by atoms with Gasteiger partial charge in [-0.25, -0.2) is 0 Å². The van der Waals surface area contributed by atoms with Gasteiger partial charge in [-0.3, -0.25) is 29.9 Å². The van der Waals surface area contributed by atoms with Crippen molar-refractivity contribution in [3.8, 4) is 0 Å². The zero-order valence-corrected chi connectivity index (χ0v) is 23.6. The van der Waals surface area contributed by atoms with E-state index < -0.39 is 0 Å². The molecule has 1 aromatic carbocycles. The maximum absolute atomic E-state index is 12.9. The topological polar surface area (TPSA) is 87.7 Å². The highest BCUT2D eigenvalue weighted by molar-refractivity contribution is 5.94. The van der Waals surface area contributed by atoms with Gasteiger partial charge in [0.05, 0.1) is 17.1 Å². The van der Waals surface area contributed by atoms with Crippen molar-refractivity contribution in [3.05, 3.63) is 101 Å². The van der Waals surface area contributed by atoms with Crippen LogP contribution in [0.1, 0.15) is 47.5 Å². The third kappa shape index (κ3) is 8.69. The van der Waals surface area contributed by atoms with E-state index >= 15 is 0 Å². The summed E-state index contributed by atoms with van der Waals surface area (Å²) in [7, 11) is 2.09. The van der Waals surface area contributed by atoms with Gasteiger partial charge in [0.25, 0.3) is 5.91 Å². The van der Waals surface area contributed by atoms with Crippen LogP contribution in [0.3, 0.4) is 0 Å². The van der Waals surface area contributed by atoms with Gasteiger partial charge in [0.15, 0.2) is 6.29 Å². The molecule has 0 spiro atoms. The van der Waals surface area contributed by atoms with Crippen molar-refractivity contribution in [3.63, 3.8) is 0 Å². The summed E-state index contributed by atoms with van der Waals surface area (Å²) in [6, 6.07) is 16.7. The second kappa shape index (κ2) is 15.5. The summed E-state index contributed by atoms with van der Waals surface area (Å²) in [6.45, 7) is 14.7. The number of anilines is 1. The largest absolute Gasteiger partial charge is 0.333 e. The Morgan fingerprint density at radius 2 is 1.88 bits per heavy atom. The fourth-order valence-corrected chi connectivity index (χ4v) is 4.40. The fraction of sp³-hybridized carbons (Fsp3) is 0.312. The Bertz CT molecular complexity index is 1360. The molecule has 40 heavy (non-hydrogen) atoms. The first-order chi connectivity index (χ1) is 19.4. The van der Waals surface area contributed by atoms with Crippen molar-refractivity contribution < 1.29 is 14.4 Å². The number of amides is 1. The summed E-state index contributed by atoms with van der Waals surface area (Å²) in [4.78, 5) is 41.2. The van der Waals surface area contributed by atoms with Crippen molar-refractivity contribution >= 4 is 30.0 Å². The maximum Gasteiger partial charge on any atom is 0.254 e. The van der Waals surface area contributed by atoms with Crippen LogP contribution >= 0.6 is 0 Å². The van der Waals surface area contributed by atoms with Gasteiger partial charge in [-0.15, -0.1) is 0 Å². The van der Waals surface area contributed by atoms with Gasteiger partial charge in [0.2, 0.25) is 0 Å². The van der Waals surface area contributed by atoms with Crippen LogP contribution in [0.4, 0.5) is 5.69 Å². The Hall–Kier alpha value is -4.14. The minimum atomic E-state index is -0.0584.